The van der Waals surface area contributed by atoms with Crippen LogP contribution in [0, 0.1) is 11.8 Å². The number of piperidine rings is 3. The smallest absolute Gasteiger partial charge is 0.213 e. The summed E-state index contributed by atoms with van der Waals surface area (Å²) in [5.74, 6) is 1.30. The normalized spacial score (nSPS) is 27.1. The van der Waals surface area contributed by atoms with Crippen LogP contribution in [0.4, 0.5) is 0 Å². The Morgan fingerprint density at radius 1 is 1.10 bits per heavy atom. The van der Waals surface area contributed by atoms with Gasteiger partial charge in [-0.25, -0.2) is 0 Å². The lowest BCUT2D eigenvalue weighted by Crippen LogP contribution is -3.20. The number of para-hydroxylation sites is 1. The van der Waals surface area contributed by atoms with E-state index in [1.54, 1.807) is 4.90 Å². The van der Waals surface area contributed by atoms with E-state index in [1.807, 2.05) is 0 Å². The fourth-order valence-corrected chi connectivity index (χ4v) is 5.61. The fourth-order valence-electron chi connectivity index (χ4n) is 5.61. The van der Waals surface area contributed by atoms with Gasteiger partial charge >= 0.3 is 0 Å². The predicted octanol–water partition coefficient (Wildman–Crippen LogP) is 2.69. The first kappa shape index (κ1) is 18.5. The van der Waals surface area contributed by atoms with E-state index in [2.05, 4.69) is 84.1 Å². The van der Waals surface area contributed by atoms with Gasteiger partial charge in [-0.1, -0.05) is 48.5 Å². The minimum Gasteiger partial charge on any atom is -0.382 e. The van der Waals surface area contributed by atoms with Crippen molar-refractivity contribution in [3.8, 4) is 0 Å². The van der Waals surface area contributed by atoms with E-state index in [0.29, 0.717) is 17.9 Å². The molecular weight excluding hydrogens is 356 g/mol. The zero-order valence-electron chi connectivity index (χ0n) is 16.9. The molecule has 3 fully saturated rings. The Labute approximate surface area is 172 Å². The van der Waals surface area contributed by atoms with E-state index < -0.39 is 6.10 Å². The number of benzene rings is 2. The summed E-state index contributed by atoms with van der Waals surface area (Å²) < 4.78 is 2.29. The first-order chi connectivity index (χ1) is 14.2. The summed E-state index contributed by atoms with van der Waals surface area (Å²) in [4.78, 5) is 1.55. The fraction of sp³-hybridized carbons (Fsp3) is 0.346. The molecule has 3 nitrogen and oxygen atoms in total. The summed E-state index contributed by atoms with van der Waals surface area (Å²) in [6.45, 7) is 7.17. The molecule has 29 heavy (non-hydrogen) atoms. The number of hydrogen-bond donors (Lipinski definition) is 2. The minimum atomic E-state index is -0.421. The zero-order chi connectivity index (χ0) is 19.8. The van der Waals surface area contributed by atoms with Crippen molar-refractivity contribution in [3.05, 3.63) is 90.6 Å². The molecule has 3 aliphatic rings. The Hall–Kier alpha value is -2.49. The van der Waals surface area contributed by atoms with Crippen molar-refractivity contribution >= 4 is 10.9 Å². The molecule has 0 aliphatic carbocycles. The van der Waals surface area contributed by atoms with Crippen LogP contribution in [0.5, 0.6) is 0 Å². The molecule has 3 aromatic rings. The van der Waals surface area contributed by atoms with Gasteiger partial charge in [-0.3, -0.25) is 0 Å². The zero-order valence-corrected chi connectivity index (χ0v) is 16.9. The Morgan fingerprint density at radius 3 is 2.66 bits per heavy atom. The number of fused-ring (bicyclic) bond motifs is 4. The van der Waals surface area contributed by atoms with Crippen LogP contribution in [-0.2, 0) is 6.54 Å². The second kappa shape index (κ2) is 7.74. The number of hydrogen-bond acceptors (Lipinski definition) is 1. The van der Waals surface area contributed by atoms with Gasteiger partial charge in [-0.2, -0.15) is 4.57 Å². The van der Waals surface area contributed by atoms with Crippen molar-refractivity contribution in [2.45, 2.75) is 31.5 Å². The lowest BCUT2D eigenvalue weighted by molar-refractivity contribution is -0.949. The van der Waals surface area contributed by atoms with Gasteiger partial charge in [-0.05, 0) is 12.0 Å². The molecule has 2 aromatic carbocycles. The second-order valence-electron chi connectivity index (χ2n) is 8.75. The van der Waals surface area contributed by atoms with Gasteiger partial charge in [0.05, 0.1) is 18.5 Å². The molecule has 0 amide bonds. The molecule has 3 heteroatoms. The number of aliphatic hydroxyl groups is 1. The highest BCUT2D eigenvalue weighted by Crippen LogP contribution is 2.33. The highest BCUT2D eigenvalue weighted by atomic mass is 16.3. The SMILES string of the molecule is C=C[C@@H]1C[NH+]2CC[C@H]1C[C@H]2[C@@H](O)c1cc[n+](Cc2ccccc2)c2ccccc12. The number of pyridine rings is 1. The molecule has 3 saturated heterocycles. The molecule has 2 N–H and O–H groups in total. The minimum absolute atomic E-state index is 0.290. The Kier molecular flexibility index (Phi) is 4.94. The average Bonchev–Trinajstić information content (AvgIpc) is 2.79. The third-order valence-corrected chi connectivity index (χ3v) is 7.18. The summed E-state index contributed by atoms with van der Waals surface area (Å²) in [6.07, 6.45) is 6.22. The Balaban J connectivity index is 1.48. The van der Waals surface area contributed by atoms with Crippen LogP contribution >= 0.6 is 0 Å². The molecule has 1 aromatic heterocycles. The molecule has 5 atom stereocenters. The van der Waals surface area contributed by atoms with Crippen LogP contribution in [0.25, 0.3) is 10.9 Å². The summed E-state index contributed by atoms with van der Waals surface area (Å²) >= 11 is 0. The Bertz CT molecular complexity index is 1020. The number of aromatic nitrogens is 1. The third-order valence-electron chi connectivity index (χ3n) is 7.18. The average molecular weight is 387 g/mol. The number of nitrogens with zero attached hydrogens (tertiary/aromatic N) is 1. The van der Waals surface area contributed by atoms with Gasteiger partial charge in [0.15, 0.2) is 12.7 Å². The maximum atomic E-state index is 11.4. The molecular formula is C26H30N2O+2. The van der Waals surface area contributed by atoms with E-state index >= 15 is 0 Å². The van der Waals surface area contributed by atoms with Gasteiger partial charge < -0.3 is 10.0 Å². The lowest BCUT2D eigenvalue weighted by Gasteiger charge is -2.47. The second-order valence-corrected chi connectivity index (χ2v) is 8.75. The number of aliphatic hydroxyl groups excluding tert-OH is 1. The molecule has 148 valence electrons. The molecule has 0 spiro atoms. The maximum Gasteiger partial charge on any atom is 0.213 e. The van der Waals surface area contributed by atoms with Gasteiger partial charge in [0.2, 0.25) is 5.52 Å². The highest BCUT2D eigenvalue weighted by molar-refractivity contribution is 5.79. The largest absolute Gasteiger partial charge is 0.382 e. The quantitative estimate of drug-likeness (QED) is 0.512. The number of quaternary nitrogens is 1. The maximum absolute atomic E-state index is 11.4. The van der Waals surface area contributed by atoms with Crippen molar-refractivity contribution in [3.63, 3.8) is 0 Å². The molecule has 0 radical (unpaired) electrons. The first-order valence-electron chi connectivity index (χ1n) is 10.8. The summed E-state index contributed by atoms with van der Waals surface area (Å²) in [7, 11) is 0. The van der Waals surface area contributed by atoms with Gasteiger partial charge in [-0.15, -0.1) is 6.58 Å². The van der Waals surface area contributed by atoms with Gasteiger partial charge in [0.25, 0.3) is 0 Å². The molecule has 4 heterocycles. The van der Waals surface area contributed by atoms with E-state index in [1.165, 1.54) is 29.4 Å². The molecule has 6 rings (SSSR count). The first-order valence-corrected chi connectivity index (χ1v) is 10.8. The van der Waals surface area contributed by atoms with E-state index in [-0.39, 0.29) is 0 Å². The van der Waals surface area contributed by atoms with Gasteiger partial charge in [0.1, 0.15) is 12.1 Å². The van der Waals surface area contributed by atoms with E-state index in [4.69, 9.17) is 0 Å². The van der Waals surface area contributed by atoms with Crippen LogP contribution in [0.2, 0.25) is 0 Å². The van der Waals surface area contributed by atoms with Crippen molar-refractivity contribution < 1.29 is 14.6 Å². The summed E-state index contributed by atoms with van der Waals surface area (Å²) in [6, 6.07) is 21.5. The molecule has 3 aliphatic heterocycles. The summed E-state index contributed by atoms with van der Waals surface area (Å²) in [5, 5.41) is 12.6. The lowest BCUT2D eigenvalue weighted by atomic mass is 9.73. The standard InChI is InChI=1S/C26H29N2O/c1-2-20-18-28-14-12-21(20)16-25(28)26(29)23-13-15-27(17-19-8-4-3-5-9-19)24-11-7-6-10-22(23)24/h2-11,13,15,20-21,25-26,29H,1,12,14,16-18H2/q+1/p+1/t20-,21+,25+,26+/m1/s1. The number of nitrogens with one attached hydrogen (secondary N) is 1. The van der Waals surface area contributed by atoms with Crippen molar-refractivity contribution in [1.29, 1.82) is 0 Å². The van der Waals surface area contributed by atoms with Gasteiger partial charge in [0, 0.05) is 42.0 Å². The van der Waals surface area contributed by atoms with E-state index in [9.17, 15) is 5.11 Å². The molecule has 1 unspecified atom stereocenters. The van der Waals surface area contributed by atoms with Crippen LogP contribution in [0.15, 0.2) is 79.5 Å². The molecule has 2 bridgehead atoms. The summed E-state index contributed by atoms with van der Waals surface area (Å²) in [5.41, 5.74) is 3.54. The van der Waals surface area contributed by atoms with Crippen LogP contribution < -0.4 is 9.47 Å². The monoisotopic (exact) mass is 386 g/mol. The number of rotatable bonds is 5. The van der Waals surface area contributed by atoms with Crippen LogP contribution in [0.3, 0.4) is 0 Å². The third kappa shape index (κ3) is 3.39. The van der Waals surface area contributed by atoms with Crippen LogP contribution in [-0.4, -0.2) is 24.2 Å². The van der Waals surface area contributed by atoms with Crippen molar-refractivity contribution in [2.24, 2.45) is 11.8 Å². The van der Waals surface area contributed by atoms with E-state index in [0.717, 1.165) is 25.1 Å². The van der Waals surface area contributed by atoms with Crippen molar-refractivity contribution in [1.82, 2.24) is 0 Å². The molecule has 0 saturated carbocycles. The van der Waals surface area contributed by atoms with Crippen LogP contribution in [0.1, 0.15) is 30.1 Å². The highest BCUT2D eigenvalue weighted by Gasteiger charge is 2.46. The Morgan fingerprint density at radius 2 is 1.90 bits per heavy atom. The topological polar surface area (TPSA) is 28.6 Å². The predicted molar refractivity (Wildman–Crippen MR) is 116 cm³/mol. The van der Waals surface area contributed by atoms with Crippen molar-refractivity contribution in [2.75, 3.05) is 13.1 Å².